The minimum absolute atomic E-state index is 0.0724. The van der Waals surface area contributed by atoms with Gasteiger partial charge in [0.05, 0.1) is 49.0 Å². The number of anilines is 2. The highest BCUT2D eigenvalue weighted by Crippen LogP contribution is 2.38. The Bertz CT molecular complexity index is 1530. The molecule has 6 rings (SSSR count). The van der Waals surface area contributed by atoms with Gasteiger partial charge in [-0.15, -0.1) is 0 Å². The first-order chi connectivity index (χ1) is 21.1. The lowest BCUT2D eigenvalue weighted by Gasteiger charge is -2.26. The number of benzene rings is 3. The SMILES string of the molecule is Fc1cccc(COc2ccc(Nc3ncnc4cc(OCCCN5CCOCC5)cc(OC5CCOC5)c34)cc2Cl)c1. The van der Waals surface area contributed by atoms with Crippen LogP contribution in [0, 0.1) is 5.82 Å². The number of halogens is 2. The molecule has 0 amide bonds. The molecule has 43 heavy (non-hydrogen) atoms. The number of hydrogen-bond donors (Lipinski definition) is 1. The second-order valence-electron chi connectivity index (χ2n) is 10.5. The Balaban J connectivity index is 1.18. The van der Waals surface area contributed by atoms with Crippen LogP contribution in [0.3, 0.4) is 0 Å². The summed E-state index contributed by atoms with van der Waals surface area (Å²) in [5.74, 6) is 2.07. The van der Waals surface area contributed by atoms with Crippen molar-refractivity contribution in [1.29, 1.82) is 0 Å². The van der Waals surface area contributed by atoms with Crippen molar-refractivity contribution in [2.24, 2.45) is 0 Å². The molecule has 0 saturated carbocycles. The van der Waals surface area contributed by atoms with E-state index in [2.05, 4.69) is 20.2 Å². The number of ether oxygens (including phenoxy) is 5. The first kappa shape index (κ1) is 29.4. The van der Waals surface area contributed by atoms with E-state index in [1.807, 2.05) is 18.2 Å². The van der Waals surface area contributed by atoms with Crippen LogP contribution >= 0.6 is 11.6 Å². The molecule has 2 aliphatic heterocycles. The van der Waals surface area contributed by atoms with E-state index in [1.165, 1.54) is 18.5 Å². The van der Waals surface area contributed by atoms with Crippen LogP contribution in [0.25, 0.3) is 10.9 Å². The smallest absolute Gasteiger partial charge is 0.145 e. The molecule has 226 valence electrons. The standard InChI is InChI=1S/C32H34ClFN4O5/c33-27-16-24(5-6-29(27)42-19-22-3-1-4-23(34)15-22)37-32-31-28(35-21-36-32)17-26(18-30(31)43-25-7-12-40-20-25)41-11-2-8-38-9-13-39-14-10-38/h1,3-6,15-18,21,25H,2,7-14,19-20H2,(H,35,36,37). The van der Waals surface area contributed by atoms with E-state index in [0.29, 0.717) is 64.7 Å². The van der Waals surface area contributed by atoms with Gasteiger partial charge in [-0.1, -0.05) is 23.7 Å². The summed E-state index contributed by atoms with van der Waals surface area (Å²) in [5, 5.41) is 4.50. The van der Waals surface area contributed by atoms with Crippen LogP contribution in [0.2, 0.25) is 5.02 Å². The zero-order valence-corrected chi connectivity index (χ0v) is 24.5. The number of morpholine rings is 1. The molecule has 1 N–H and O–H groups in total. The van der Waals surface area contributed by atoms with Gasteiger partial charge in [0.2, 0.25) is 0 Å². The Labute approximate surface area is 254 Å². The molecule has 1 unspecified atom stereocenters. The maximum Gasteiger partial charge on any atom is 0.145 e. The quantitative estimate of drug-likeness (QED) is 0.194. The molecule has 1 aromatic heterocycles. The lowest BCUT2D eigenvalue weighted by Crippen LogP contribution is -2.37. The summed E-state index contributed by atoms with van der Waals surface area (Å²) >= 11 is 6.55. The van der Waals surface area contributed by atoms with Gasteiger partial charge < -0.3 is 29.0 Å². The third-order valence-electron chi connectivity index (χ3n) is 7.33. The molecule has 2 fully saturated rings. The predicted molar refractivity (Wildman–Crippen MR) is 162 cm³/mol. The van der Waals surface area contributed by atoms with Gasteiger partial charge in [-0.2, -0.15) is 0 Å². The number of hydrogen-bond acceptors (Lipinski definition) is 9. The lowest BCUT2D eigenvalue weighted by atomic mass is 10.2. The maximum atomic E-state index is 13.5. The second kappa shape index (κ2) is 14.2. The third-order valence-corrected chi connectivity index (χ3v) is 7.62. The molecule has 2 saturated heterocycles. The number of nitrogens with one attached hydrogen (secondary N) is 1. The van der Waals surface area contributed by atoms with Crippen molar-refractivity contribution < 1.29 is 28.1 Å². The van der Waals surface area contributed by atoms with E-state index in [4.69, 9.17) is 35.3 Å². The van der Waals surface area contributed by atoms with Gasteiger partial charge in [0, 0.05) is 43.9 Å². The zero-order chi connectivity index (χ0) is 29.4. The van der Waals surface area contributed by atoms with Crippen molar-refractivity contribution >= 4 is 34.0 Å². The minimum atomic E-state index is -0.310. The fourth-order valence-electron chi connectivity index (χ4n) is 5.11. The van der Waals surface area contributed by atoms with E-state index >= 15 is 0 Å². The Morgan fingerprint density at radius 3 is 2.70 bits per heavy atom. The number of nitrogens with zero attached hydrogens (tertiary/aromatic N) is 3. The van der Waals surface area contributed by atoms with Crippen molar-refractivity contribution in [1.82, 2.24) is 14.9 Å². The first-order valence-electron chi connectivity index (χ1n) is 14.5. The normalized spacial score (nSPS) is 17.2. The summed E-state index contributed by atoms with van der Waals surface area (Å²) in [7, 11) is 0. The van der Waals surface area contributed by atoms with Crippen molar-refractivity contribution in [3.63, 3.8) is 0 Å². The van der Waals surface area contributed by atoms with Gasteiger partial charge in [0.1, 0.15) is 47.9 Å². The predicted octanol–water partition coefficient (Wildman–Crippen LogP) is 6.01. The van der Waals surface area contributed by atoms with Gasteiger partial charge in [-0.3, -0.25) is 4.90 Å². The van der Waals surface area contributed by atoms with E-state index in [1.54, 1.807) is 24.3 Å². The maximum absolute atomic E-state index is 13.5. The molecule has 0 spiro atoms. The highest BCUT2D eigenvalue weighted by Gasteiger charge is 2.21. The Kier molecular flexibility index (Phi) is 9.69. The fourth-order valence-corrected chi connectivity index (χ4v) is 5.34. The van der Waals surface area contributed by atoms with Gasteiger partial charge in [0.25, 0.3) is 0 Å². The molecule has 2 aliphatic rings. The summed E-state index contributed by atoms with van der Waals surface area (Å²) < 4.78 is 42.9. The molecule has 4 aromatic rings. The number of aromatic nitrogens is 2. The molecule has 0 bridgehead atoms. The summed E-state index contributed by atoms with van der Waals surface area (Å²) in [6.07, 6.45) is 3.14. The van der Waals surface area contributed by atoms with Crippen molar-refractivity contribution in [3.05, 3.63) is 77.3 Å². The van der Waals surface area contributed by atoms with Crippen LogP contribution in [-0.4, -0.2) is 73.6 Å². The van der Waals surface area contributed by atoms with E-state index in [0.717, 1.165) is 51.1 Å². The third kappa shape index (κ3) is 7.83. The van der Waals surface area contributed by atoms with Gasteiger partial charge >= 0.3 is 0 Å². The summed E-state index contributed by atoms with van der Waals surface area (Å²) in [5.41, 5.74) is 2.12. The molecular weight excluding hydrogens is 575 g/mol. The first-order valence-corrected chi connectivity index (χ1v) is 14.9. The molecule has 1 atom stereocenters. The van der Waals surface area contributed by atoms with Gasteiger partial charge in [-0.05, 0) is 42.3 Å². The van der Waals surface area contributed by atoms with Crippen LogP contribution in [0.1, 0.15) is 18.4 Å². The van der Waals surface area contributed by atoms with Crippen molar-refractivity contribution in [2.75, 3.05) is 58.0 Å². The second-order valence-corrected chi connectivity index (χ2v) is 10.9. The van der Waals surface area contributed by atoms with Crippen LogP contribution in [0.4, 0.5) is 15.9 Å². The van der Waals surface area contributed by atoms with Crippen LogP contribution < -0.4 is 19.5 Å². The molecule has 3 heterocycles. The largest absolute Gasteiger partial charge is 0.493 e. The average Bonchev–Trinajstić information content (AvgIpc) is 3.53. The van der Waals surface area contributed by atoms with Gasteiger partial charge in [0.15, 0.2) is 0 Å². The zero-order valence-electron chi connectivity index (χ0n) is 23.8. The van der Waals surface area contributed by atoms with Crippen LogP contribution in [-0.2, 0) is 16.1 Å². The molecule has 11 heteroatoms. The molecule has 9 nitrogen and oxygen atoms in total. The lowest BCUT2D eigenvalue weighted by molar-refractivity contribution is 0.0358. The summed E-state index contributed by atoms with van der Waals surface area (Å²) in [4.78, 5) is 11.5. The van der Waals surface area contributed by atoms with E-state index in [-0.39, 0.29) is 18.5 Å². The van der Waals surface area contributed by atoms with E-state index in [9.17, 15) is 4.39 Å². The summed E-state index contributed by atoms with van der Waals surface area (Å²) in [6, 6.07) is 15.5. The Hall–Kier alpha value is -3.70. The monoisotopic (exact) mass is 608 g/mol. The number of rotatable bonds is 12. The Morgan fingerprint density at radius 2 is 1.88 bits per heavy atom. The molecular formula is C32H34ClFN4O5. The Morgan fingerprint density at radius 1 is 0.977 bits per heavy atom. The molecule has 0 aliphatic carbocycles. The minimum Gasteiger partial charge on any atom is -0.493 e. The molecule has 0 radical (unpaired) electrons. The number of fused-ring (bicyclic) bond motifs is 1. The average molecular weight is 609 g/mol. The topological polar surface area (TPSA) is 87.2 Å². The van der Waals surface area contributed by atoms with Crippen molar-refractivity contribution in [2.45, 2.75) is 25.6 Å². The van der Waals surface area contributed by atoms with E-state index < -0.39 is 0 Å². The fraction of sp³-hybridized carbons (Fsp3) is 0.375. The van der Waals surface area contributed by atoms with Crippen LogP contribution in [0.15, 0.2) is 60.9 Å². The highest BCUT2D eigenvalue weighted by molar-refractivity contribution is 6.32. The summed E-state index contributed by atoms with van der Waals surface area (Å²) in [6.45, 7) is 6.42. The van der Waals surface area contributed by atoms with Gasteiger partial charge in [-0.25, -0.2) is 14.4 Å². The molecule has 3 aromatic carbocycles. The van der Waals surface area contributed by atoms with Crippen LogP contribution in [0.5, 0.6) is 17.2 Å². The van der Waals surface area contributed by atoms with Crippen molar-refractivity contribution in [3.8, 4) is 17.2 Å². The highest BCUT2D eigenvalue weighted by atomic mass is 35.5.